The van der Waals surface area contributed by atoms with Gasteiger partial charge in [-0.3, -0.25) is 4.99 Å². The summed E-state index contributed by atoms with van der Waals surface area (Å²) in [6.45, 7) is 4.23. The van der Waals surface area contributed by atoms with Crippen LogP contribution in [0.25, 0.3) is 0 Å². The summed E-state index contributed by atoms with van der Waals surface area (Å²) in [5, 5.41) is 3.40. The van der Waals surface area contributed by atoms with Gasteiger partial charge in [0, 0.05) is 33.3 Å². The molecule has 2 heterocycles. The summed E-state index contributed by atoms with van der Waals surface area (Å²) in [5.41, 5.74) is 0.995. The highest BCUT2D eigenvalue weighted by Gasteiger charge is 2.23. The second-order valence-electron chi connectivity index (χ2n) is 7.36. The van der Waals surface area contributed by atoms with Crippen molar-refractivity contribution in [1.29, 1.82) is 0 Å². The molecule has 0 spiro atoms. The van der Waals surface area contributed by atoms with Gasteiger partial charge in [-0.2, -0.15) is 0 Å². The van der Waals surface area contributed by atoms with Gasteiger partial charge in [0.1, 0.15) is 5.82 Å². The molecule has 5 nitrogen and oxygen atoms in total. The van der Waals surface area contributed by atoms with Crippen LogP contribution in [0, 0.1) is 5.82 Å². The van der Waals surface area contributed by atoms with Gasteiger partial charge in [-0.25, -0.2) is 4.39 Å². The molecule has 0 saturated carbocycles. The molecule has 1 unspecified atom stereocenters. The molecular weight excluding hydrogens is 472 g/mol. The molecule has 3 rings (SSSR count). The Morgan fingerprint density at radius 2 is 2.11 bits per heavy atom. The van der Waals surface area contributed by atoms with Gasteiger partial charge in [-0.05, 0) is 56.2 Å². The summed E-state index contributed by atoms with van der Waals surface area (Å²) in [4.78, 5) is 6.68. The molecule has 7 heteroatoms. The Labute approximate surface area is 185 Å². The lowest BCUT2D eigenvalue weighted by molar-refractivity contribution is -0.0721. The molecule has 2 fully saturated rings. The van der Waals surface area contributed by atoms with Crippen molar-refractivity contribution in [2.45, 2.75) is 50.7 Å². The SMILES string of the molecule is CN=C(NCCc1cccc(F)c1)N1CCC(OCC2CCCCO2)CC1.I. The number of hydrogen-bond donors (Lipinski definition) is 1. The summed E-state index contributed by atoms with van der Waals surface area (Å²) in [5.74, 6) is 0.734. The molecule has 0 radical (unpaired) electrons. The number of likely N-dealkylation sites (tertiary alicyclic amines) is 1. The Balaban J connectivity index is 0.00000280. The van der Waals surface area contributed by atoms with Crippen LogP contribution in [-0.2, 0) is 15.9 Å². The lowest BCUT2D eigenvalue weighted by atomic mass is 10.1. The van der Waals surface area contributed by atoms with Crippen LogP contribution >= 0.6 is 24.0 Å². The van der Waals surface area contributed by atoms with E-state index in [1.807, 2.05) is 13.1 Å². The maximum absolute atomic E-state index is 13.3. The van der Waals surface area contributed by atoms with E-state index in [-0.39, 0.29) is 35.9 Å². The third-order valence-electron chi connectivity index (χ3n) is 5.33. The second kappa shape index (κ2) is 12.6. The van der Waals surface area contributed by atoms with Gasteiger partial charge >= 0.3 is 0 Å². The van der Waals surface area contributed by atoms with Gasteiger partial charge in [0.25, 0.3) is 0 Å². The molecule has 158 valence electrons. The molecule has 0 bridgehead atoms. The minimum absolute atomic E-state index is 0. The van der Waals surface area contributed by atoms with E-state index in [2.05, 4.69) is 15.2 Å². The predicted molar refractivity (Wildman–Crippen MR) is 121 cm³/mol. The Kier molecular flexibility index (Phi) is 10.5. The minimum Gasteiger partial charge on any atom is -0.376 e. The first kappa shape index (κ1) is 23.3. The molecule has 28 heavy (non-hydrogen) atoms. The minimum atomic E-state index is -0.183. The van der Waals surface area contributed by atoms with Gasteiger partial charge in [-0.15, -0.1) is 24.0 Å². The van der Waals surface area contributed by atoms with Crippen LogP contribution in [0.15, 0.2) is 29.3 Å². The molecular formula is C21H33FIN3O2. The third kappa shape index (κ3) is 7.48. The molecule has 1 N–H and O–H groups in total. The molecule has 0 aliphatic carbocycles. The number of rotatable bonds is 6. The number of hydrogen-bond acceptors (Lipinski definition) is 3. The second-order valence-corrected chi connectivity index (χ2v) is 7.36. The average Bonchev–Trinajstić information content (AvgIpc) is 2.71. The van der Waals surface area contributed by atoms with E-state index >= 15 is 0 Å². The predicted octanol–water partition coefficient (Wildman–Crippen LogP) is 3.61. The maximum Gasteiger partial charge on any atom is 0.193 e. The van der Waals surface area contributed by atoms with Crippen LogP contribution in [0.2, 0.25) is 0 Å². The van der Waals surface area contributed by atoms with Crippen LogP contribution in [0.1, 0.15) is 37.7 Å². The fourth-order valence-corrected chi connectivity index (χ4v) is 3.76. The lowest BCUT2D eigenvalue weighted by Gasteiger charge is -2.35. The zero-order valence-electron chi connectivity index (χ0n) is 16.7. The average molecular weight is 505 g/mol. The van der Waals surface area contributed by atoms with Crippen molar-refractivity contribution >= 4 is 29.9 Å². The van der Waals surface area contributed by atoms with Crippen LogP contribution in [0.5, 0.6) is 0 Å². The summed E-state index contributed by atoms with van der Waals surface area (Å²) in [6, 6.07) is 6.76. The van der Waals surface area contributed by atoms with Gasteiger partial charge in [-0.1, -0.05) is 12.1 Å². The standard InChI is InChI=1S/C21H32FN3O2.HI/c1-23-21(24-11-8-17-5-4-6-18(22)15-17)25-12-9-19(10-13-25)27-16-20-7-2-3-14-26-20;/h4-6,15,19-20H,2-3,7-14,16H2,1H3,(H,23,24);1H. The van der Waals surface area contributed by atoms with E-state index in [9.17, 15) is 4.39 Å². The van der Waals surface area contributed by atoms with Gasteiger partial charge < -0.3 is 19.7 Å². The van der Waals surface area contributed by atoms with Gasteiger partial charge in [0.2, 0.25) is 0 Å². The van der Waals surface area contributed by atoms with Gasteiger partial charge in [0.05, 0.1) is 18.8 Å². The molecule has 2 saturated heterocycles. The van der Waals surface area contributed by atoms with Crippen molar-refractivity contribution < 1.29 is 13.9 Å². The van der Waals surface area contributed by atoms with E-state index < -0.39 is 0 Å². The molecule has 1 atom stereocenters. The Morgan fingerprint density at radius 3 is 2.79 bits per heavy atom. The van der Waals surface area contributed by atoms with Crippen LogP contribution in [-0.4, -0.2) is 63.0 Å². The zero-order valence-corrected chi connectivity index (χ0v) is 19.1. The normalized spacial score (nSPS) is 21.3. The number of piperidine rings is 1. The van der Waals surface area contributed by atoms with Crippen LogP contribution < -0.4 is 5.32 Å². The maximum atomic E-state index is 13.3. The topological polar surface area (TPSA) is 46.1 Å². The molecule has 2 aliphatic heterocycles. The lowest BCUT2D eigenvalue weighted by Crippen LogP contribution is -2.47. The summed E-state index contributed by atoms with van der Waals surface area (Å²) >= 11 is 0. The quantitative estimate of drug-likeness (QED) is 0.365. The third-order valence-corrected chi connectivity index (χ3v) is 5.33. The fraction of sp³-hybridized carbons (Fsp3) is 0.667. The van der Waals surface area contributed by atoms with E-state index in [4.69, 9.17) is 9.47 Å². The van der Waals surface area contributed by atoms with E-state index in [1.54, 1.807) is 12.1 Å². The number of guanidine groups is 1. The van der Waals surface area contributed by atoms with Crippen molar-refractivity contribution in [1.82, 2.24) is 10.2 Å². The first-order valence-electron chi connectivity index (χ1n) is 10.2. The first-order chi connectivity index (χ1) is 13.2. The van der Waals surface area contributed by atoms with Gasteiger partial charge in [0.15, 0.2) is 5.96 Å². The summed E-state index contributed by atoms with van der Waals surface area (Å²) < 4.78 is 25.1. The Bertz CT molecular complexity index is 603. The molecule has 1 aromatic rings. The summed E-state index contributed by atoms with van der Waals surface area (Å²) in [7, 11) is 1.81. The molecule has 1 aromatic carbocycles. The van der Waals surface area contributed by atoms with E-state index in [0.29, 0.717) is 6.10 Å². The molecule has 0 amide bonds. The number of benzene rings is 1. The largest absolute Gasteiger partial charge is 0.376 e. The highest BCUT2D eigenvalue weighted by molar-refractivity contribution is 14.0. The van der Waals surface area contributed by atoms with E-state index in [0.717, 1.165) is 70.1 Å². The fourth-order valence-electron chi connectivity index (χ4n) is 3.76. The highest BCUT2D eigenvalue weighted by atomic mass is 127. The summed E-state index contributed by atoms with van der Waals surface area (Å²) in [6.07, 6.45) is 6.96. The van der Waals surface area contributed by atoms with Crippen molar-refractivity contribution in [2.75, 3.05) is 39.9 Å². The van der Waals surface area contributed by atoms with Crippen molar-refractivity contribution in [3.8, 4) is 0 Å². The van der Waals surface area contributed by atoms with Crippen molar-refractivity contribution in [3.05, 3.63) is 35.6 Å². The van der Waals surface area contributed by atoms with Crippen molar-refractivity contribution in [2.24, 2.45) is 4.99 Å². The van der Waals surface area contributed by atoms with Crippen LogP contribution in [0.3, 0.4) is 0 Å². The molecule has 2 aliphatic rings. The Hall–Kier alpha value is -0.930. The monoisotopic (exact) mass is 505 g/mol. The first-order valence-corrected chi connectivity index (χ1v) is 10.2. The number of ether oxygens (including phenoxy) is 2. The smallest absolute Gasteiger partial charge is 0.193 e. The van der Waals surface area contributed by atoms with E-state index in [1.165, 1.54) is 18.9 Å². The number of nitrogens with zero attached hydrogens (tertiary/aromatic N) is 2. The molecule has 0 aromatic heterocycles. The zero-order chi connectivity index (χ0) is 18.9. The number of halogens is 2. The van der Waals surface area contributed by atoms with Crippen molar-refractivity contribution in [3.63, 3.8) is 0 Å². The Morgan fingerprint density at radius 1 is 1.29 bits per heavy atom. The highest BCUT2D eigenvalue weighted by Crippen LogP contribution is 2.18. The van der Waals surface area contributed by atoms with Crippen LogP contribution in [0.4, 0.5) is 4.39 Å². The number of aliphatic imine (C=N–C) groups is 1. The number of nitrogens with one attached hydrogen (secondary N) is 1.